The van der Waals surface area contributed by atoms with Crippen LogP contribution < -0.4 is 4.90 Å². The van der Waals surface area contributed by atoms with Crippen LogP contribution in [0.1, 0.15) is 12.0 Å². The zero-order valence-electron chi connectivity index (χ0n) is 17.8. The molecule has 1 N–H and O–H groups in total. The van der Waals surface area contributed by atoms with Crippen molar-refractivity contribution in [3.63, 3.8) is 0 Å². The third-order valence-corrected chi connectivity index (χ3v) is 6.98. The van der Waals surface area contributed by atoms with E-state index in [0.29, 0.717) is 0 Å². The smallest absolute Gasteiger partial charge is 0.0553 e. The molecule has 0 unspecified atom stereocenters. The molecule has 5 rings (SSSR count). The van der Waals surface area contributed by atoms with Crippen molar-refractivity contribution >= 4 is 34.0 Å². The van der Waals surface area contributed by atoms with Crippen molar-refractivity contribution in [2.24, 2.45) is 0 Å². The van der Waals surface area contributed by atoms with Gasteiger partial charge in [-0.05, 0) is 75.4 Å². The standard InChI is InChI=1S/C26H27N3S/c1-18-20-9-4-5-10-21(20)27-26(18)19-13-14-23-25(17-19)30-24-12-7-6-11-22(24)29(23)16-8-15-28(2)3/h4-7,9-14,17,27H,8,15-16H2,1-3H3. The highest BCUT2D eigenvalue weighted by Crippen LogP contribution is 2.49. The van der Waals surface area contributed by atoms with E-state index in [1.165, 1.54) is 48.9 Å². The highest BCUT2D eigenvalue weighted by Gasteiger charge is 2.24. The molecule has 1 aliphatic heterocycles. The van der Waals surface area contributed by atoms with Crippen LogP contribution in [0.4, 0.5) is 11.4 Å². The minimum Gasteiger partial charge on any atom is -0.354 e. The first-order chi connectivity index (χ1) is 14.6. The van der Waals surface area contributed by atoms with Gasteiger partial charge in [-0.1, -0.05) is 48.2 Å². The number of aromatic amines is 1. The van der Waals surface area contributed by atoms with Crippen LogP contribution in [-0.4, -0.2) is 37.1 Å². The number of benzene rings is 3. The van der Waals surface area contributed by atoms with Crippen LogP contribution in [0.5, 0.6) is 0 Å². The second kappa shape index (κ2) is 7.86. The van der Waals surface area contributed by atoms with Crippen molar-refractivity contribution in [3.05, 3.63) is 72.3 Å². The van der Waals surface area contributed by atoms with Gasteiger partial charge in [-0.2, -0.15) is 0 Å². The zero-order valence-corrected chi connectivity index (χ0v) is 18.6. The van der Waals surface area contributed by atoms with Gasteiger partial charge in [-0.15, -0.1) is 0 Å². The van der Waals surface area contributed by atoms with E-state index < -0.39 is 0 Å². The predicted molar refractivity (Wildman–Crippen MR) is 129 cm³/mol. The van der Waals surface area contributed by atoms with E-state index in [4.69, 9.17) is 0 Å². The second-order valence-electron chi connectivity index (χ2n) is 8.23. The molecule has 0 amide bonds. The summed E-state index contributed by atoms with van der Waals surface area (Å²) in [5, 5.41) is 1.30. The Morgan fingerprint density at radius 3 is 2.50 bits per heavy atom. The fourth-order valence-corrected chi connectivity index (χ4v) is 5.48. The van der Waals surface area contributed by atoms with Gasteiger partial charge < -0.3 is 14.8 Å². The summed E-state index contributed by atoms with van der Waals surface area (Å²) in [5.74, 6) is 0. The maximum atomic E-state index is 3.64. The summed E-state index contributed by atoms with van der Waals surface area (Å²) in [6, 6.07) is 24.2. The van der Waals surface area contributed by atoms with Crippen LogP contribution >= 0.6 is 11.8 Å². The number of anilines is 2. The largest absolute Gasteiger partial charge is 0.354 e. The van der Waals surface area contributed by atoms with Crippen molar-refractivity contribution < 1.29 is 0 Å². The molecule has 2 heterocycles. The fourth-order valence-electron chi connectivity index (χ4n) is 4.35. The molecule has 0 saturated carbocycles. The average Bonchev–Trinajstić information content (AvgIpc) is 3.09. The summed E-state index contributed by atoms with van der Waals surface area (Å²) in [4.78, 5) is 11.0. The summed E-state index contributed by atoms with van der Waals surface area (Å²) in [7, 11) is 4.28. The van der Waals surface area contributed by atoms with Gasteiger partial charge in [0, 0.05) is 32.9 Å². The molecular weight excluding hydrogens is 386 g/mol. The third kappa shape index (κ3) is 3.40. The normalized spacial score (nSPS) is 13.0. The van der Waals surface area contributed by atoms with Crippen LogP contribution in [0.3, 0.4) is 0 Å². The number of hydrogen-bond acceptors (Lipinski definition) is 3. The molecule has 30 heavy (non-hydrogen) atoms. The fraction of sp³-hybridized carbons (Fsp3) is 0.231. The minimum absolute atomic E-state index is 1.02. The molecule has 4 heteroatoms. The van der Waals surface area contributed by atoms with Crippen molar-refractivity contribution in [1.82, 2.24) is 9.88 Å². The van der Waals surface area contributed by atoms with Crippen LogP contribution in [0.15, 0.2) is 76.5 Å². The van der Waals surface area contributed by atoms with Gasteiger partial charge in [-0.3, -0.25) is 0 Å². The molecule has 3 aromatic carbocycles. The number of nitrogens with zero attached hydrogens (tertiary/aromatic N) is 2. The van der Waals surface area contributed by atoms with Crippen LogP contribution in [0.2, 0.25) is 0 Å². The minimum atomic E-state index is 1.02. The summed E-state index contributed by atoms with van der Waals surface area (Å²) >= 11 is 1.88. The van der Waals surface area contributed by atoms with E-state index >= 15 is 0 Å². The van der Waals surface area contributed by atoms with Crippen LogP contribution in [0.25, 0.3) is 22.2 Å². The van der Waals surface area contributed by atoms with E-state index in [0.717, 1.165) is 19.5 Å². The third-order valence-electron chi connectivity index (χ3n) is 5.87. The Kier molecular flexibility index (Phi) is 5.05. The molecule has 0 atom stereocenters. The Morgan fingerprint density at radius 1 is 0.900 bits per heavy atom. The Labute approximate surface area is 182 Å². The highest BCUT2D eigenvalue weighted by atomic mass is 32.2. The first-order valence-corrected chi connectivity index (χ1v) is 11.3. The lowest BCUT2D eigenvalue weighted by atomic mass is 10.1. The summed E-state index contributed by atoms with van der Waals surface area (Å²) in [5.41, 5.74) is 7.62. The molecule has 3 nitrogen and oxygen atoms in total. The van der Waals surface area contributed by atoms with E-state index in [-0.39, 0.29) is 0 Å². The van der Waals surface area contributed by atoms with Crippen molar-refractivity contribution in [2.75, 3.05) is 32.1 Å². The summed E-state index contributed by atoms with van der Waals surface area (Å²) < 4.78 is 0. The van der Waals surface area contributed by atoms with Gasteiger partial charge in [0.15, 0.2) is 0 Å². The Hall–Kier alpha value is -2.69. The quantitative estimate of drug-likeness (QED) is 0.394. The first-order valence-electron chi connectivity index (χ1n) is 10.5. The van der Waals surface area contributed by atoms with E-state index in [9.17, 15) is 0 Å². The topological polar surface area (TPSA) is 22.3 Å². The maximum Gasteiger partial charge on any atom is 0.0553 e. The molecule has 4 aromatic rings. The summed E-state index contributed by atoms with van der Waals surface area (Å²) in [6.07, 6.45) is 1.13. The highest BCUT2D eigenvalue weighted by molar-refractivity contribution is 7.99. The Balaban J connectivity index is 1.55. The number of nitrogens with one attached hydrogen (secondary N) is 1. The van der Waals surface area contributed by atoms with Gasteiger partial charge in [-0.25, -0.2) is 0 Å². The van der Waals surface area contributed by atoms with Gasteiger partial charge >= 0.3 is 0 Å². The molecule has 0 aliphatic carbocycles. The van der Waals surface area contributed by atoms with Crippen molar-refractivity contribution in [2.45, 2.75) is 23.1 Å². The van der Waals surface area contributed by atoms with Gasteiger partial charge in [0.1, 0.15) is 0 Å². The van der Waals surface area contributed by atoms with E-state index in [1.807, 2.05) is 11.8 Å². The number of para-hydroxylation sites is 2. The molecule has 0 spiro atoms. The molecule has 0 radical (unpaired) electrons. The number of H-pyrrole nitrogens is 1. The molecule has 0 saturated heterocycles. The van der Waals surface area contributed by atoms with E-state index in [2.05, 4.69) is 103 Å². The number of aryl methyl sites for hydroxylation is 1. The molecule has 1 aromatic heterocycles. The SMILES string of the molecule is Cc1c(-c2ccc3c(c2)Sc2ccccc2N3CCCN(C)C)[nH]c2ccccc12. The van der Waals surface area contributed by atoms with Crippen molar-refractivity contribution in [1.29, 1.82) is 0 Å². The molecule has 0 bridgehead atoms. The molecular formula is C26H27N3S. The average molecular weight is 414 g/mol. The predicted octanol–water partition coefficient (Wildman–Crippen LogP) is 6.70. The number of rotatable bonds is 5. The van der Waals surface area contributed by atoms with Crippen LogP contribution in [-0.2, 0) is 0 Å². The molecule has 1 aliphatic rings. The van der Waals surface area contributed by atoms with Gasteiger partial charge in [0.25, 0.3) is 0 Å². The second-order valence-corrected chi connectivity index (χ2v) is 9.32. The zero-order chi connectivity index (χ0) is 20.7. The van der Waals surface area contributed by atoms with Gasteiger partial charge in [0.05, 0.1) is 11.4 Å². The number of fused-ring (bicyclic) bond motifs is 3. The maximum absolute atomic E-state index is 3.64. The van der Waals surface area contributed by atoms with E-state index in [1.54, 1.807) is 0 Å². The number of aromatic nitrogens is 1. The Morgan fingerprint density at radius 2 is 1.67 bits per heavy atom. The molecule has 152 valence electrons. The lowest BCUT2D eigenvalue weighted by molar-refractivity contribution is 0.402. The van der Waals surface area contributed by atoms with Crippen molar-refractivity contribution in [3.8, 4) is 11.3 Å². The Bertz CT molecular complexity index is 1210. The van der Waals surface area contributed by atoms with Crippen LogP contribution in [0, 0.1) is 6.92 Å². The first kappa shape index (κ1) is 19.3. The summed E-state index contributed by atoms with van der Waals surface area (Å²) in [6.45, 7) is 4.32. The number of hydrogen-bond donors (Lipinski definition) is 1. The van der Waals surface area contributed by atoms with Gasteiger partial charge in [0.2, 0.25) is 0 Å². The molecule has 0 fully saturated rings. The lowest BCUT2D eigenvalue weighted by Gasteiger charge is -2.33. The lowest BCUT2D eigenvalue weighted by Crippen LogP contribution is -2.25. The monoisotopic (exact) mass is 413 g/mol.